The van der Waals surface area contributed by atoms with E-state index in [0.717, 1.165) is 6.42 Å². The van der Waals surface area contributed by atoms with Gasteiger partial charge in [-0.3, -0.25) is 14.3 Å². The van der Waals surface area contributed by atoms with Crippen LogP contribution >= 0.6 is 0 Å². The summed E-state index contributed by atoms with van der Waals surface area (Å²) in [5, 5.41) is 9.60. The lowest BCUT2D eigenvalue weighted by atomic mass is 10.0. The highest BCUT2D eigenvalue weighted by Gasteiger charge is 2.29. The number of hydrogen-bond donors (Lipinski definition) is 3. The Labute approximate surface area is 110 Å². The molecule has 106 valence electrons. The van der Waals surface area contributed by atoms with Crippen LogP contribution in [0.2, 0.25) is 0 Å². The Morgan fingerprint density at radius 1 is 1.53 bits per heavy atom. The van der Waals surface area contributed by atoms with E-state index in [0.29, 0.717) is 25.3 Å². The molecule has 2 unspecified atom stereocenters. The molecule has 1 fully saturated rings. The number of H-pyrrole nitrogens is 1. The van der Waals surface area contributed by atoms with Crippen molar-refractivity contribution in [2.24, 2.45) is 5.92 Å². The van der Waals surface area contributed by atoms with Crippen molar-refractivity contribution in [2.45, 2.75) is 32.9 Å². The largest absolute Gasteiger partial charge is 0.393 e. The van der Waals surface area contributed by atoms with Gasteiger partial charge in [0.25, 0.3) is 5.56 Å². The number of aliphatic hydroxyl groups is 1. The average Bonchev–Trinajstić information content (AvgIpc) is 2.78. The van der Waals surface area contributed by atoms with E-state index in [1.165, 1.54) is 4.57 Å². The monoisotopic (exact) mass is 268 g/mol. The molecule has 0 radical (unpaired) electrons. The third kappa shape index (κ3) is 2.37. The number of aliphatic hydroxyl groups excluding tert-OH is 1. The zero-order valence-corrected chi connectivity index (χ0v) is 11.2. The van der Waals surface area contributed by atoms with Gasteiger partial charge in [-0.15, -0.1) is 0 Å². The number of nitrogens with two attached hydrogens (primary N) is 1. The van der Waals surface area contributed by atoms with E-state index < -0.39 is 17.4 Å². The first kappa shape index (κ1) is 13.7. The maximum Gasteiger partial charge on any atom is 0.330 e. The Bertz CT molecular complexity index is 575. The molecule has 7 nitrogen and oxygen atoms in total. The number of nitrogens with zero attached hydrogens (tertiary/aromatic N) is 2. The van der Waals surface area contributed by atoms with Crippen LogP contribution in [0, 0.1) is 5.92 Å². The Morgan fingerprint density at radius 2 is 2.21 bits per heavy atom. The van der Waals surface area contributed by atoms with Crippen molar-refractivity contribution in [1.82, 2.24) is 9.55 Å². The zero-order chi connectivity index (χ0) is 14.2. The fourth-order valence-corrected chi connectivity index (χ4v) is 2.58. The SMILES string of the molecule is CCn1c(N)c(N2CCC(C(C)O)C2)c(=O)[nH]c1=O. The lowest BCUT2D eigenvalue weighted by Crippen LogP contribution is -2.37. The highest BCUT2D eigenvalue weighted by atomic mass is 16.3. The molecule has 1 aliphatic rings. The van der Waals surface area contributed by atoms with Crippen LogP contribution in [0.3, 0.4) is 0 Å². The Hall–Kier alpha value is -1.76. The molecule has 1 aromatic heterocycles. The van der Waals surface area contributed by atoms with Crippen LogP contribution in [0.4, 0.5) is 11.5 Å². The lowest BCUT2D eigenvalue weighted by Gasteiger charge is -2.21. The van der Waals surface area contributed by atoms with Gasteiger partial charge in [0.2, 0.25) is 0 Å². The first-order valence-corrected chi connectivity index (χ1v) is 6.51. The normalized spacial score (nSPS) is 20.8. The van der Waals surface area contributed by atoms with Crippen molar-refractivity contribution in [2.75, 3.05) is 23.7 Å². The summed E-state index contributed by atoms with van der Waals surface area (Å²) in [4.78, 5) is 27.7. The summed E-state index contributed by atoms with van der Waals surface area (Å²) in [7, 11) is 0. The molecule has 0 aromatic carbocycles. The second kappa shape index (κ2) is 5.08. The van der Waals surface area contributed by atoms with Gasteiger partial charge in [0, 0.05) is 25.6 Å². The van der Waals surface area contributed by atoms with Crippen LogP contribution in [-0.4, -0.2) is 33.9 Å². The van der Waals surface area contributed by atoms with E-state index in [9.17, 15) is 14.7 Å². The quantitative estimate of drug-likeness (QED) is 0.675. The minimum atomic E-state index is -0.486. The van der Waals surface area contributed by atoms with Gasteiger partial charge < -0.3 is 15.7 Å². The number of nitrogens with one attached hydrogen (secondary N) is 1. The molecule has 0 amide bonds. The number of aromatic nitrogens is 2. The molecule has 2 rings (SSSR count). The molecule has 1 saturated heterocycles. The summed E-state index contributed by atoms with van der Waals surface area (Å²) in [6.45, 7) is 5.18. The molecule has 7 heteroatoms. The predicted octanol–water partition coefficient (Wildman–Crippen LogP) is -0.654. The van der Waals surface area contributed by atoms with Gasteiger partial charge in [0.15, 0.2) is 0 Å². The number of anilines is 2. The molecule has 0 aliphatic carbocycles. The van der Waals surface area contributed by atoms with Crippen molar-refractivity contribution in [1.29, 1.82) is 0 Å². The summed E-state index contributed by atoms with van der Waals surface area (Å²) < 4.78 is 1.34. The van der Waals surface area contributed by atoms with E-state index in [1.807, 2.05) is 4.90 Å². The molecule has 0 bridgehead atoms. The summed E-state index contributed by atoms with van der Waals surface area (Å²) >= 11 is 0. The van der Waals surface area contributed by atoms with Crippen molar-refractivity contribution in [3.05, 3.63) is 20.8 Å². The first-order chi connectivity index (χ1) is 8.95. The second-order valence-electron chi connectivity index (χ2n) is 4.97. The van der Waals surface area contributed by atoms with Crippen LogP contribution in [-0.2, 0) is 6.54 Å². The van der Waals surface area contributed by atoms with E-state index in [1.54, 1.807) is 13.8 Å². The van der Waals surface area contributed by atoms with Crippen LogP contribution < -0.4 is 21.9 Å². The van der Waals surface area contributed by atoms with E-state index in [4.69, 9.17) is 5.73 Å². The van der Waals surface area contributed by atoms with E-state index in [-0.39, 0.29) is 11.7 Å². The highest BCUT2D eigenvalue weighted by Crippen LogP contribution is 2.26. The third-order valence-electron chi connectivity index (χ3n) is 3.75. The molecular formula is C12H20N4O3. The summed E-state index contributed by atoms with van der Waals surface area (Å²) in [5.41, 5.74) is 5.33. The second-order valence-corrected chi connectivity index (χ2v) is 4.97. The molecule has 1 aromatic rings. The first-order valence-electron chi connectivity index (χ1n) is 6.51. The van der Waals surface area contributed by atoms with E-state index >= 15 is 0 Å². The van der Waals surface area contributed by atoms with Gasteiger partial charge in [0.05, 0.1) is 6.10 Å². The fraction of sp³-hybridized carbons (Fsp3) is 0.667. The van der Waals surface area contributed by atoms with Gasteiger partial charge in [-0.1, -0.05) is 0 Å². The number of rotatable bonds is 3. The average molecular weight is 268 g/mol. The number of hydrogen-bond acceptors (Lipinski definition) is 5. The number of aromatic amines is 1. The predicted molar refractivity (Wildman–Crippen MR) is 73.4 cm³/mol. The van der Waals surface area contributed by atoms with Gasteiger partial charge in [0.1, 0.15) is 11.5 Å². The van der Waals surface area contributed by atoms with Crippen molar-refractivity contribution < 1.29 is 5.11 Å². The van der Waals surface area contributed by atoms with Gasteiger partial charge in [-0.2, -0.15) is 0 Å². The van der Waals surface area contributed by atoms with Crippen molar-refractivity contribution in [3.8, 4) is 0 Å². The van der Waals surface area contributed by atoms with Crippen LogP contribution in [0.15, 0.2) is 9.59 Å². The topological polar surface area (TPSA) is 104 Å². The van der Waals surface area contributed by atoms with Crippen molar-refractivity contribution >= 4 is 11.5 Å². The molecule has 19 heavy (non-hydrogen) atoms. The van der Waals surface area contributed by atoms with Gasteiger partial charge in [-0.25, -0.2) is 4.79 Å². The van der Waals surface area contributed by atoms with Crippen molar-refractivity contribution in [3.63, 3.8) is 0 Å². The van der Waals surface area contributed by atoms with E-state index in [2.05, 4.69) is 4.98 Å². The van der Waals surface area contributed by atoms with Gasteiger partial charge >= 0.3 is 5.69 Å². The molecule has 0 spiro atoms. The molecular weight excluding hydrogens is 248 g/mol. The highest BCUT2D eigenvalue weighted by molar-refractivity contribution is 5.62. The Balaban J connectivity index is 2.41. The Kier molecular flexibility index (Phi) is 3.66. The minimum Gasteiger partial charge on any atom is -0.393 e. The third-order valence-corrected chi connectivity index (χ3v) is 3.75. The molecule has 1 aliphatic heterocycles. The van der Waals surface area contributed by atoms with Crippen LogP contribution in [0.5, 0.6) is 0 Å². The summed E-state index contributed by atoms with van der Waals surface area (Å²) in [6, 6.07) is 0. The molecule has 4 N–H and O–H groups in total. The standard InChI is InChI=1S/C12H20N4O3/c1-3-16-10(13)9(11(18)14-12(16)19)15-5-4-8(6-15)7(2)17/h7-8,17H,3-6,13H2,1-2H3,(H,14,18,19). The van der Waals surface area contributed by atoms with Crippen LogP contribution in [0.1, 0.15) is 20.3 Å². The van der Waals surface area contributed by atoms with Gasteiger partial charge in [-0.05, 0) is 20.3 Å². The Morgan fingerprint density at radius 3 is 2.74 bits per heavy atom. The molecule has 2 atom stereocenters. The minimum absolute atomic E-state index is 0.126. The summed E-state index contributed by atoms with van der Waals surface area (Å²) in [6.07, 6.45) is 0.393. The number of nitrogen functional groups attached to an aromatic ring is 1. The van der Waals surface area contributed by atoms with Crippen LogP contribution in [0.25, 0.3) is 0 Å². The summed E-state index contributed by atoms with van der Waals surface area (Å²) in [5.74, 6) is 0.322. The maximum absolute atomic E-state index is 11.9. The lowest BCUT2D eigenvalue weighted by molar-refractivity contribution is 0.136. The maximum atomic E-state index is 11.9. The molecule has 0 saturated carbocycles. The molecule has 2 heterocycles. The zero-order valence-electron chi connectivity index (χ0n) is 11.2. The fourth-order valence-electron chi connectivity index (χ4n) is 2.58. The smallest absolute Gasteiger partial charge is 0.330 e.